The minimum absolute atomic E-state index is 0.501. The number of rotatable bonds is 5. The summed E-state index contributed by atoms with van der Waals surface area (Å²) >= 11 is 0. The Labute approximate surface area is 127 Å². The maximum atomic E-state index is 6.64. The van der Waals surface area contributed by atoms with Crippen LogP contribution in [0.1, 0.15) is 42.5 Å². The van der Waals surface area contributed by atoms with Crippen LogP contribution in [0.5, 0.6) is 5.75 Å². The maximum absolute atomic E-state index is 6.64. The van der Waals surface area contributed by atoms with E-state index < -0.39 is 5.54 Å². The van der Waals surface area contributed by atoms with E-state index in [0.29, 0.717) is 0 Å². The minimum atomic E-state index is -0.501. The molecule has 112 valence electrons. The van der Waals surface area contributed by atoms with Crippen molar-refractivity contribution in [2.75, 3.05) is 6.61 Å². The van der Waals surface area contributed by atoms with Gasteiger partial charge in [-0.1, -0.05) is 42.8 Å². The second kappa shape index (κ2) is 6.31. The molecule has 0 saturated carbocycles. The van der Waals surface area contributed by atoms with Crippen LogP contribution in [0, 0.1) is 13.8 Å². The van der Waals surface area contributed by atoms with Crippen LogP contribution in [-0.4, -0.2) is 6.61 Å². The molecule has 1 atom stereocenters. The molecule has 0 aliphatic heterocycles. The third kappa shape index (κ3) is 3.45. The molecule has 21 heavy (non-hydrogen) atoms. The third-order valence-electron chi connectivity index (χ3n) is 3.88. The molecule has 1 unspecified atom stereocenters. The molecule has 0 aliphatic carbocycles. The SMILES string of the molecule is CCCOc1ccc(C(C)(N)c2cc(C)ccc2C)cc1. The first-order chi connectivity index (χ1) is 9.95. The molecule has 2 nitrogen and oxygen atoms in total. The van der Waals surface area contributed by atoms with E-state index in [1.807, 2.05) is 12.1 Å². The largest absolute Gasteiger partial charge is 0.494 e. The minimum Gasteiger partial charge on any atom is -0.494 e. The summed E-state index contributed by atoms with van der Waals surface area (Å²) in [7, 11) is 0. The zero-order chi connectivity index (χ0) is 15.5. The smallest absolute Gasteiger partial charge is 0.119 e. The second-order valence-electron chi connectivity index (χ2n) is 5.89. The van der Waals surface area contributed by atoms with Crippen molar-refractivity contribution in [1.29, 1.82) is 0 Å². The van der Waals surface area contributed by atoms with Gasteiger partial charge in [0.05, 0.1) is 12.1 Å². The first kappa shape index (κ1) is 15.6. The molecule has 0 aliphatic rings. The quantitative estimate of drug-likeness (QED) is 0.887. The molecule has 2 heteroatoms. The number of benzene rings is 2. The monoisotopic (exact) mass is 283 g/mol. The fourth-order valence-electron chi connectivity index (χ4n) is 2.57. The molecular weight excluding hydrogens is 258 g/mol. The molecule has 0 spiro atoms. The Balaban J connectivity index is 2.32. The molecule has 2 aromatic carbocycles. The molecular formula is C19H25NO. The number of hydrogen-bond acceptors (Lipinski definition) is 2. The third-order valence-corrected chi connectivity index (χ3v) is 3.88. The first-order valence-corrected chi connectivity index (χ1v) is 7.55. The second-order valence-corrected chi connectivity index (χ2v) is 5.89. The molecule has 0 saturated heterocycles. The molecule has 2 rings (SSSR count). The highest BCUT2D eigenvalue weighted by molar-refractivity contribution is 5.44. The Kier molecular flexibility index (Phi) is 4.69. The van der Waals surface area contributed by atoms with Crippen LogP contribution in [0.15, 0.2) is 42.5 Å². The highest BCUT2D eigenvalue weighted by Crippen LogP contribution is 2.30. The molecule has 0 radical (unpaired) electrons. The van der Waals surface area contributed by atoms with E-state index in [0.717, 1.165) is 24.3 Å². The van der Waals surface area contributed by atoms with Crippen LogP contribution < -0.4 is 10.5 Å². The Bertz CT molecular complexity index is 599. The fourth-order valence-corrected chi connectivity index (χ4v) is 2.57. The molecule has 0 fully saturated rings. The van der Waals surface area contributed by atoms with Gasteiger partial charge >= 0.3 is 0 Å². The van der Waals surface area contributed by atoms with E-state index in [1.165, 1.54) is 16.7 Å². The summed E-state index contributed by atoms with van der Waals surface area (Å²) in [5.74, 6) is 0.900. The summed E-state index contributed by atoms with van der Waals surface area (Å²) in [5.41, 5.74) is 10.9. The van der Waals surface area contributed by atoms with Crippen molar-refractivity contribution in [3.8, 4) is 5.75 Å². The highest BCUT2D eigenvalue weighted by Gasteiger charge is 2.25. The van der Waals surface area contributed by atoms with Gasteiger partial charge in [-0.15, -0.1) is 0 Å². The van der Waals surface area contributed by atoms with Gasteiger partial charge in [0.2, 0.25) is 0 Å². The van der Waals surface area contributed by atoms with Crippen LogP contribution in [-0.2, 0) is 5.54 Å². The molecule has 0 amide bonds. The van der Waals surface area contributed by atoms with Gasteiger partial charge in [-0.25, -0.2) is 0 Å². The molecule has 0 aromatic heterocycles. The van der Waals surface area contributed by atoms with Gasteiger partial charge in [-0.05, 0) is 56.0 Å². The predicted octanol–water partition coefficient (Wildman–Crippen LogP) is 4.31. The van der Waals surface area contributed by atoms with Crippen molar-refractivity contribution < 1.29 is 4.74 Å². The van der Waals surface area contributed by atoms with Crippen LogP contribution in [0.4, 0.5) is 0 Å². The van der Waals surface area contributed by atoms with Gasteiger partial charge in [-0.2, -0.15) is 0 Å². The Hall–Kier alpha value is -1.80. The summed E-state index contributed by atoms with van der Waals surface area (Å²) in [6.45, 7) is 9.12. The van der Waals surface area contributed by atoms with Gasteiger partial charge in [0.25, 0.3) is 0 Å². The van der Waals surface area contributed by atoms with Crippen LogP contribution in [0.2, 0.25) is 0 Å². The van der Waals surface area contributed by atoms with Crippen molar-refractivity contribution in [2.24, 2.45) is 5.73 Å². The summed E-state index contributed by atoms with van der Waals surface area (Å²) in [4.78, 5) is 0. The van der Waals surface area contributed by atoms with Gasteiger partial charge < -0.3 is 10.5 Å². The number of ether oxygens (including phenoxy) is 1. The highest BCUT2D eigenvalue weighted by atomic mass is 16.5. The lowest BCUT2D eigenvalue weighted by Gasteiger charge is -2.28. The predicted molar refractivity (Wildman–Crippen MR) is 88.8 cm³/mol. The summed E-state index contributed by atoms with van der Waals surface area (Å²) < 4.78 is 5.63. The standard InChI is InChI=1S/C19H25NO/c1-5-12-21-17-10-8-16(9-11-17)19(4,20)18-13-14(2)6-7-15(18)3/h6-11,13H,5,12,20H2,1-4H3. The van der Waals surface area contributed by atoms with Crippen LogP contribution in [0.3, 0.4) is 0 Å². The summed E-state index contributed by atoms with van der Waals surface area (Å²) in [6.07, 6.45) is 1.01. The average Bonchev–Trinajstić information content (AvgIpc) is 2.48. The fraction of sp³-hybridized carbons (Fsp3) is 0.368. The molecule has 2 N–H and O–H groups in total. The van der Waals surface area contributed by atoms with Gasteiger partial charge in [0.15, 0.2) is 0 Å². The average molecular weight is 283 g/mol. The number of nitrogens with two attached hydrogens (primary N) is 1. The van der Waals surface area contributed by atoms with E-state index in [-0.39, 0.29) is 0 Å². The zero-order valence-corrected chi connectivity index (χ0v) is 13.4. The number of aryl methyl sites for hydroxylation is 2. The summed E-state index contributed by atoms with van der Waals surface area (Å²) in [6, 6.07) is 14.6. The van der Waals surface area contributed by atoms with Gasteiger partial charge in [-0.3, -0.25) is 0 Å². The van der Waals surface area contributed by atoms with Crippen molar-refractivity contribution in [3.05, 3.63) is 64.7 Å². The Morgan fingerprint density at radius 3 is 2.33 bits per heavy atom. The topological polar surface area (TPSA) is 35.2 Å². The normalized spacial score (nSPS) is 13.8. The van der Waals surface area contributed by atoms with E-state index >= 15 is 0 Å². The molecule has 0 heterocycles. The van der Waals surface area contributed by atoms with Crippen LogP contribution in [0.25, 0.3) is 0 Å². The lowest BCUT2D eigenvalue weighted by atomic mass is 9.82. The van der Waals surface area contributed by atoms with Crippen molar-refractivity contribution in [1.82, 2.24) is 0 Å². The van der Waals surface area contributed by atoms with Crippen molar-refractivity contribution in [3.63, 3.8) is 0 Å². The maximum Gasteiger partial charge on any atom is 0.119 e. The van der Waals surface area contributed by atoms with E-state index in [9.17, 15) is 0 Å². The molecule has 2 aromatic rings. The van der Waals surface area contributed by atoms with E-state index in [1.54, 1.807) is 0 Å². The number of hydrogen-bond donors (Lipinski definition) is 1. The lowest BCUT2D eigenvalue weighted by Crippen LogP contribution is -2.35. The van der Waals surface area contributed by atoms with Crippen molar-refractivity contribution in [2.45, 2.75) is 39.7 Å². The van der Waals surface area contributed by atoms with Crippen LogP contribution >= 0.6 is 0 Å². The zero-order valence-electron chi connectivity index (χ0n) is 13.4. The Morgan fingerprint density at radius 2 is 1.71 bits per heavy atom. The van der Waals surface area contributed by atoms with Gasteiger partial charge in [0.1, 0.15) is 5.75 Å². The lowest BCUT2D eigenvalue weighted by molar-refractivity contribution is 0.317. The Morgan fingerprint density at radius 1 is 1.05 bits per heavy atom. The summed E-state index contributed by atoms with van der Waals surface area (Å²) in [5, 5.41) is 0. The first-order valence-electron chi connectivity index (χ1n) is 7.55. The van der Waals surface area contributed by atoms with E-state index in [4.69, 9.17) is 10.5 Å². The van der Waals surface area contributed by atoms with Crippen molar-refractivity contribution >= 4 is 0 Å². The van der Waals surface area contributed by atoms with Gasteiger partial charge in [0, 0.05) is 0 Å². The molecule has 0 bridgehead atoms. The van der Waals surface area contributed by atoms with E-state index in [2.05, 4.69) is 58.0 Å².